The van der Waals surface area contributed by atoms with Crippen molar-refractivity contribution in [1.29, 1.82) is 0 Å². The molecule has 0 aliphatic carbocycles. The maximum Gasteiger partial charge on any atom is 0.421 e. The molecule has 2 amide bonds. The third kappa shape index (κ3) is 15.2. The molecule has 57 heavy (non-hydrogen) atoms. The van der Waals surface area contributed by atoms with E-state index < -0.39 is 46.8 Å². The molecule has 4 rings (SSSR count). The second-order valence-electron chi connectivity index (χ2n) is 16.4. The number of aromatic nitrogens is 4. The summed E-state index contributed by atoms with van der Waals surface area (Å²) in [6.07, 6.45) is 0.184. The van der Waals surface area contributed by atoms with Crippen LogP contribution in [0.5, 0.6) is 0 Å². The van der Waals surface area contributed by atoms with Gasteiger partial charge in [-0.3, -0.25) is 10.6 Å². The number of carbonyl (C=O) groups excluding carboxylic acids is 4. The standard InChI is InChI=1S/C22H27N3O5.C19H24IN3O4/c1-21(2,3)29-19(27)24-18-23-14-17(25(18)20(28)30-22(4,5)6)16-11-7-9-15(13-16)10-8-12-26;1-18(2,3)26-16(24)22-15-21-11-14(12-8-7-9-13(20)10-12)23(15)17(25)27-19(4,5)6/h7,9,11,13-14,26H,12H2,1-6H3,(H,23,24,27);7-11H,1-6H3,(H,21,22,24). The van der Waals surface area contributed by atoms with Gasteiger partial charge in [0.2, 0.25) is 11.9 Å². The molecule has 4 aromatic rings. The number of aliphatic hydroxyl groups is 1. The summed E-state index contributed by atoms with van der Waals surface area (Å²) in [6.45, 7) is 20.7. The number of halogens is 1. The van der Waals surface area contributed by atoms with Gasteiger partial charge < -0.3 is 24.1 Å². The first-order chi connectivity index (χ1) is 26.2. The predicted molar refractivity (Wildman–Crippen MR) is 225 cm³/mol. The first kappa shape index (κ1) is 46.0. The molecule has 0 unspecified atom stereocenters. The van der Waals surface area contributed by atoms with Crippen molar-refractivity contribution in [2.75, 3.05) is 17.2 Å². The molecule has 0 radical (unpaired) electrons. The van der Waals surface area contributed by atoms with Crippen LogP contribution in [0.2, 0.25) is 0 Å². The van der Waals surface area contributed by atoms with Gasteiger partial charge in [0.15, 0.2) is 0 Å². The highest BCUT2D eigenvalue weighted by Gasteiger charge is 2.28. The minimum atomic E-state index is -0.754. The summed E-state index contributed by atoms with van der Waals surface area (Å²) in [5, 5.41) is 13.9. The van der Waals surface area contributed by atoms with E-state index in [1.807, 2.05) is 24.3 Å². The summed E-state index contributed by atoms with van der Waals surface area (Å²) in [5.74, 6) is 5.41. The number of hydrogen-bond acceptors (Lipinski definition) is 11. The summed E-state index contributed by atoms with van der Waals surface area (Å²) >= 11 is 2.19. The van der Waals surface area contributed by atoms with Crippen molar-refractivity contribution in [2.45, 2.75) is 105 Å². The summed E-state index contributed by atoms with van der Waals surface area (Å²) in [7, 11) is 0. The van der Waals surface area contributed by atoms with Gasteiger partial charge in [-0.25, -0.2) is 38.3 Å². The molecule has 16 heteroatoms. The van der Waals surface area contributed by atoms with Crippen LogP contribution in [0.15, 0.2) is 60.9 Å². The smallest absolute Gasteiger partial charge is 0.421 e. The molecule has 2 aromatic heterocycles. The van der Waals surface area contributed by atoms with Crippen molar-refractivity contribution in [3.8, 4) is 34.4 Å². The van der Waals surface area contributed by atoms with E-state index in [1.165, 1.54) is 21.5 Å². The molecule has 306 valence electrons. The lowest BCUT2D eigenvalue weighted by molar-refractivity contribution is 0.0526. The van der Waals surface area contributed by atoms with Crippen LogP contribution in [0.1, 0.15) is 88.6 Å². The van der Waals surface area contributed by atoms with Crippen LogP contribution >= 0.6 is 22.6 Å². The maximum atomic E-state index is 12.9. The summed E-state index contributed by atoms with van der Waals surface area (Å²) in [4.78, 5) is 58.4. The van der Waals surface area contributed by atoms with E-state index in [9.17, 15) is 19.2 Å². The SMILES string of the molecule is CC(C)(C)OC(=O)Nc1ncc(-c2cccc(C#CCO)c2)n1C(=O)OC(C)(C)C.CC(C)(C)OC(=O)Nc1ncc(-c2cccc(I)c2)n1C(=O)OC(C)(C)C. The molecule has 0 aliphatic heterocycles. The van der Waals surface area contributed by atoms with Crippen LogP contribution in [-0.4, -0.2) is 77.6 Å². The van der Waals surface area contributed by atoms with Crippen molar-refractivity contribution >= 4 is 58.9 Å². The Kier molecular flexibility index (Phi) is 15.1. The van der Waals surface area contributed by atoms with Crippen LogP contribution in [0.4, 0.5) is 31.1 Å². The van der Waals surface area contributed by atoms with Crippen molar-refractivity contribution < 1.29 is 43.2 Å². The van der Waals surface area contributed by atoms with Gasteiger partial charge in [0.05, 0.1) is 23.8 Å². The van der Waals surface area contributed by atoms with Crippen LogP contribution in [-0.2, 0) is 18.9 Å². The number of benzene rings is 2. The Morgan fingerprint density at radius 3 is 1.44 bits per heavy atom. The summed E-state index contributed by atoms with van der Waals surface area (Å²) in [5.41, 5.74) is 0.134. The quantitative estimate of drug-likeness (QED) is 0.101. The Bertz CT molecular complexity index is 2140. The van der Waals surface area contributed by atoms with Gasteiger partial charge >= 0.3 is 24.4 Å². The second kappa shape index (κ2) is 18.7. The van der Waals surface area contributed by atoms with E-state index in [1.54, 1.807) is 107 Å². The first-order valence-electron chi connectivity index (χ1n) is 17.8. The highest BCUT2D eigenvalue weighted by Crippen LogP contribution is 2.28. The Morgan fingerprint density at radius 2 is 1.05 bits per heavy atom. The van der Waals surface area contributed by atoms with Crippen molar-refractivity contribution in [3.05, 3.63) is 70.1 Å². The topological polar surface area (TPSA) is 185 Å². The van der Waals surface area contributed by atoms with Gasteiger partial charge in [-0.2, -0.15) is 0 Å². The Hall–Kier alpha value is -5.41. The van der Waals surface area contributed by atoms with E-state index >= 15 is 0 Å². The zero-order valence-corrected chi connectivity index (χ0v) is 36.5. The zero-order chi connectivity index (χ0) is 42.9. The molecule has 3 N–H and O–H groups in total. The third-order valence-corrected chi connectivity index (χ3v) is 7.16. The van der Waals surface area contributed by atoms with Crippen LogP contribution in [0, 0.1) is 15.4 Å². The average Bonchev–Trinajstić information content (AvgIpc) is 3.65. The molecule has 0 aliphatic rings. The predicted octanol–water partition coefficient (Wildman–Crippen LogP) is 9.31. The molecule has 15 nitrogen and oxygen atoms in total. The number of anilines is 2. The van der Waals surface area contributed by atoms with Gasteiger partial charge in [0.25, 0.3) is 0 Å². The van der Waals surface area contributed by atoms with Crippen LogP contribution < -0.4 is 10.6 Å². The largest absolute Gasteiger partial charge is 0.444 e. The number of rotatable bonds is 4. The molecule has 0 spiro atoms. The average molecular weight is 899 g/mol. The third-order valence-electron chi connectivity index (χ3n) is 6.49. The molecular weight excluding hydrogens is 847 g/mol. The van der Waals surface area contributed by atoms with E-state index in [-0.39, 0.29) is 18.5 Å². The molecule has 0 fully saturated rings. The van der Waals surface area contributed by atoms with Crippen molar-refractivity contribution in [2.24, 2.45) is 0 Å². The Morgan fingerprint density at radius 1 is 0.649 bits per heavy atom. The number of aliphatic hydroxyl groups excluding tert-OH is 1. The van der Waals surface area contributed by atoms with Gasteiger partial charge in [0.1, 0.15) is 29.0 Å². The Balaban J connectivity index is 0.000000307. The Labute approximate surface area is 347 Å². The lowest BCUT2D eigenvalue weighted by atomic mass is 10.1. The fourth-order valence-corrected chi connectivity index (χ4v) is 5.15. The maximum absolute atomic E-state index is 12.9. The van der Waals surface area contributed by atoms with Gasteiger partial charge in [-0.15, -0.1) is 0 Å². The van der Waals surface area contributed by atoms with Gasteiger partial charge in [-0.1, -0.05) is 36.1 Å². The van der Waals surface area contributed by atoms with Crippen molar-refractivity contribution in [1.82, 2.24) is 19.1 Å². The number of nitrogens with zero attached hydrogens (tertiary/aromatic N) is 4. The number of nitrogens with one attached hydrogen (secondary N) is 2. The van der Waals surface area contributed by atoms with Gasteiger partial charge in [0, 0.05) is 20.3 Å². The second-order valence-corrected chi connectivity index (χ2v) is 17.6. The molecule has 2 heterocycles. The molecule has 0 bridgehead atoms. The van der Waals surface area contributed by atoms with Crippen LogP contribution in [0.3, 0.4) is 0 Å². The molecule has 2 aromatic carbocycles. The zero-order valence-electron chi connectivity index (χ0n) is 34.4. The summed E-state index contributed by atoms with van der Waals surface area (Å²) in [6, 6.07) is 14.7. The highest BCUT2D eigenvalue weighted by molar-refractivity contribution is 14.1. The number of carbonyl (C=O) groups is 4. The molecule has 0 atom stereocenters. The molecular formula is C41H51IN6O9. The van der Waals surface area contributed by atoms with Crippen LogP contribution in [0.25, 0.3) is 22.5 Å². The highest BCUT2D eigenvalue weighted by atomic mass is 127. The van der Waals surface area contributed by atoms with E-state index in [4.69, 9.17) is 24.1 Å². The monoisotopic (exact) mass is 898 g/mol. The molecule has 0 saturated heterocycles. The number of amides is 2. The molecule has 0 saturated carbocycles. The normalized spacial score (nSPS) is 11.5. The van der Waals surface area contributed by atoms with Gasteiger partial charge in [-0.05, 0) is 130 Å². The van der Waals surface area contributed by atoms with E-state index in [0.717, 1.165) is 9.13 Å². The number of imidazole rings is 2. The fourth-order valence-electron chi connectivity index (χ4n) is 4.61. The first-order valence-corrected chi connectivity index (χ1v) is 18.9. The number of ether oxygens (including phenoxy) is 4. The number of hydrogen-bond donors (Lipinski definition) is 3. The minimum absolute atomic E-state index is 0.0275. The van der Waals surface area contributed by atoms with E-state index in [2.05, 4.69) is 55.0 Å². The van der Waals surface area contributed by atoms with Crippen molar-refractivity contribution in [3.63, 3.8) is 0 Å². The fraction of sp³-hybridized carbons (Fsp3) is 0.415. The lowest BCUT2D eigenvalue weighted by Gasteiger charge is -2.22. The summed E-state index contributed by atoms with van der Waals surface area (Å²) < 4.78 is 24.9. The lowest BCUT2D eigenvalue weighted by Crippen LogP contribution is -2.31. The minimum Gasteiger partial charge on any atom is -0.444 e. The van der Waals surface area contributed by atoms with E-state index in [0.29, 0.717) is 22.5 Å².